The fourth-order valence-corrected chi connectivity index (χ4v) is 4.46. The quantitative estimate of drug-likeness (QED) is 0.538. The summed E-state index contributed by atoms with van der Waals surface area (Å²) < 4.78 is 29.2. The number of halogens is 2. The first-order valence-electron chi connectivity index (χ1n) is 9.51. The summed E-state index contributed by atoms with van der Waals surface area (Å²) in [6.07, 6.45) is 0. The molecule has 0 bridgehead atoms. The van der Waals surface area contributed by atoms with E-state index in [1.165, 1.54) is 28.9 Å². The first kappa shape index (κ1) is 18.8. The minimum Gasteiger partial charge on any atom is -0.383 e. The molecule has 0 amide bonds. The average molecular weight is 424 g/mol. The van der Waals surface area contributed by atoms with Gasteiger partial charge >= 0.3 is 0 Å². The number of anilines is 2. The monoisotopic (exact) mass is 424 g/mol. The van der Waals surface area contributed by atoms with Crippen LogP contribution in [0.4, 0.5) is 20.5 Å². The van der Waals surface area contributed by atoms with Crippen LogP contribution in [0.5, 0.6) is 0 Å². The van der Waals surface area contributed by atoms with E-state index in [0.717, 1.165) is 24.6 Å². The highest BCUT2D eigenvalue weighted by Gasteiger charge is 2.22. The van der Waals surface area contributed by atoms with E-state index >= 15 is 0 Å². The highest BCUT2D eigenvalue weighted by Crippen LogP contribution is 2.34. The van der Waals surface area contributed by atoms with Crippen LogP contribution in [0, 0.1) is 11.6 Å². The van der Waals surface area contributed by atoms with Crippen molar-refractivity contribution in [2.75, 3.05) is 35.2 Å². The van der Waals surface area contributed by atoms with Crippen LogP contribution in [0.25, 0.3) is 28.0 Å². The second-order valence-electron chi connectivity index (χ2n) is 6.96. The molecule has 6 nitrogen and oxygen atoms in total. The Kier molecular flexibility index (Phi) is 4.74. The predicted molar refractivity (Wildman–Crippen MR) is 116 cm³/mol. The van der Waals surface area contributed by atoms with Gasteiger partial charge in [-0.3, -0.25) is 0 Å². The third-order valence-corrected chi connectivity index (χ3v) is 5.94. The number of hydrogen-bond acceptors (Lipinski definition) is 6. The van der Waals surface area contributed by atoms with E-state index in [-0.39, 0.29) is 11.6 Å². The van der Waals surface area contributed by atoms with Gasteiger partial charge in [0.1, 0.15) is 17.5 Å². The van der Waals surface area contributed by atoms with E-state index in [0.29, 0.717) is 33.9 Å². The minimum absolute atomic E-state index is 0.274. The van der Waals surface area contributed by atoms with Crippen molar-refractivity contribution >= 4 is 34.6 Å². The molecule has 0 unspecified atom stereocenters. The summed E-state index contributed by atoms with van der Waals surface area (Å²) in [5.41, 5.74) is 8.37. The van der Waals surface area contributed by atoms with Crippen LogP contribution in [0.3, 0.4) is 0 Å². The Labute approximate surface area is 175 Å². The SMILES string of the molecule is Nc1c2c(-c3cccc(F)c3)nc(N3CCSCC3)nc2nn1-c1cccc(F)c1. The summed E-state index contributed by atoms with van der Waals surface area (Å²) >= 11 is 1.88. The molecule has 1 aliphatic rings. The third-order valence-electron chi connectivity index (χ3n) is 5.00. The summed E-state index contributed by atoms with van der Waals surface area (Å²) in [7, 11) is 0. The van der Waals surface area contributed by atoms with Gasteiger partial charge in [0.2, 0.25) is 5.95 Å². The molecule has 1 aliphatic heterocycles. The number of rotatable bonds is 3. The zero-order valence-electron chi connectivity index (χ0n) is 15.9. The number of nitrogen functional groups attached to an aromatic ring is 1. The van der Waals surface area contributed by atoms with Gasteiger partial charge in [-0.1, -0.05) is 18.2 Å². The number of fused-ring (bicyclic) bond motifs is 1. The standard InChI is InChI=1S/C21H18F2N6S/c22-14-4-1-3-13(11-14)18-17-19(24)29(16-6-2-5-15(23)12-16)27-20(17)26-21(25-18)28-7-9-30-10-8-28/h1-6,11-12H,7-10,24H2. The summed E-state index contributed by atoms with van der Waals surface area (Å²) in [6.45, 7) is 1.64. The molecule has 30 heavy (non-hydrogen) atoms. The Bertz CT molecular complexity index is 1240. The molecule has 3 heterocycles. The highest BCUT2D eigenvalue weighted by molar-refractivity contribution is 7.99. The van der Waals surface area contributed by atoms with Crippen molar-refractivity contribution in [1.82, 2.24) is 19.7 Å². The smallest absolute Gasteiger partial charge is 0.228 e. The summed E-state index contributed by atoms with van der Waals surface area (Å²) in [5.74, 6) is 2.01. The van der Waals surface area contributed by atoms with Gasteiger partial charge in [-0.05, 0) is 30.3 Å². The Morgan fingerprint density at radius 2 is 1.67 bits per heavy atom. The maximum atomic E-state index is 14.0. The number of hydrogen-bond donors (Lipinski definition) is 1. The second kappa shape index (κ2) is 7.56. The summed E-state index contributed by atoms with van der Waals surface area (Å²) in [6, 6.07) is 12.2. The fraction of sp³-hybridized carbons (Fsp3) is 0.190. The summed E-state index contributed by atoms with van der Waals surface area (Å²) in [4.78, 5) is 11.5. The molecule has 1 saturated heterocycles. The lowest BCUT2D eigenvalue weighted by Gasteiger charge is -2.26. The molecule has 2 aromatic heterocycles. The van der Waals surface area contributed by atoms with Crippen molar-refractivity contribution in [2.45, 2.75) is 0 Å². The first-order valence-corrected chi connectivity index (χ1v) is 10.7. The van der Waals surface area contributed by atoms with Crippen LogP contribution in [0.15, 0.2) is 48.5 Å². The molecule has 0 aliphatic carbocycles. The molecular formula is C21H18F2N6S. The van der Waals surface area contributed by atoms with Crippen LogP contribution in [0.1, 0.15) is 0 Å². The molecule has 0 radical (unpaired) electrons. The lowest BCUT2D eigenvalue weighted by atomic mass is 10.1. The number of aromatic nitrogens is 4. The maximum absolute atomic E-state index is 14.0. The number of nitrogens with two attached hydrogens (primary N) is 1. The molecular weight excluding hydrogens is 406 g/mol. The topological polar surface area (TPSA) is 72.9 Å². The van der Waals surface area contributed by atoms with Gasteiger partial charge in [-0.15, -0.1) is 5.10 Å². The van der Waals surface area contributed by atoms with Crippen molar-refractivity contribution in [2.24, 2.45) is 0 Å². The first-order chi connectivity index (χ1) is 14.6. The molecule has 0 spiro atoms. The maximum Gasteiger partial charge on any atom is 0.228 e. The Morgan fingerprint density at radius 1 is 0.933 bits per heavy atom. The average Bonchev–Trinajstić information content (AvgIpc) is 3.10. The fourth-order valence-electron chi connectivity index (χ4n) is 3.55. The molecule has 1 fully saturated rings. The molecule has 0 saturated carbocycles. The van der Waals surface area contributed by atoms with Gasteiger partial charge in [0.05, 0.1) is 16.8 Å². The molecule has 2 N–H and O–H groups in total. The predicted octanol–water partition coefficient (Wildman–Crippen LogP) is 3.90. The van der Waals surface area contributed by atoms with Crippen molar-refractivity contribution in [3.8, 4) is 16.9 Å². The third kappa shape index (κ3) is 3.35. The Morgan fingerprint density at radius 3 is 2.40 bits per heavy atom. The van der Waals surface area contributed by atoms with Crippen molar-refractivity contribution in [3.05, 3.63) is 60.2 Å². The van der Waals surface area contributed by atoms with Crippen LogP contribution in [0.2, 0.25) is 0 Å². The zero-order valence-corrected chi connectivity index (χ0v) is 16.7. The lowest BCUT2D eigenvalue weighted by Crippen LogP contribution is -2.33. The van der Waals surface area contributed by atoms with E-state index < -0.39 is 5.82 Å². The van der Waals surface area contributed by atoms with E-state index in [9.17, 15) is 8.78 Å². The lowest BCUT2D eigenvalue weighted by molar-refractivity contribution is 0.625. The summed E-state index contributed by atoms with van der Waals surface area (Å²) in [5, 5.41) is 5.05. The number of benzene rings is 2. The van der Waals surface area contributed by atoms with Crippen molar-refractivity contribution in [1.29, 1.82) is 0 Å². The largest absolute Gasteiger partial charge is 0.383 e. The molecule has 152 valence electrons. The van der Waals surface area contributed by atoms with E-state index in [4.69, 9.17) is 10.7 Å². The van der Waals surface area contributed by atoms with Gasteiger partial charge in [0, 0.05) is 30.2 Å². The Hall–Kier alpha value is -3.20. The van der Waals surface area contributed by atoms with Gasteiger partial charge < -0.3 is 10.6 Å². The van der Waals surface area contributed by atoms with Crippen LogP contribution < -0.4 is 10.6 Å². The number of nitrogens with zero attached hydrogens (tertiary/aromatic N) is 5. The molecule has 5 rings (SSSR count). The molecule has 9 heteroatoms. The zero-order chi connectivity index (χ0) is 20.7. The molecule has 4 aromatic rings. The van der Waals surface area contributed by atoms with E-state index in [1.54, 1.807) is 24.3 Å². The Balaban J connectivity index is 1.76. The van der Waals surface area contributed by atoms with Crippen molar-refractivity contribution in [3.63, 3.8) is 0 Å². The van der Waals surface area contributed by atoms with Gasteiger partial charge in [0.25, 0.3) is 0 Å². The molecule has 2 aromatic carbocycles. The van der Waals surface area contributed by atoms with Crippen molar-refractivity contribution < 1.29 is 8.78 Å². The van der Waals surface area contributed by atoms with Gasteiger partial charge in [0.15, 0.2) is 5.65 Å². The highest BCUT2D eigenvalue weighted by atomic mass is 32.2. The van der Waals surface area contributed by atoms with Gasteiger partial charge in [-0.25, -0.2) is 18.4 Å². The second-order valence-corrected chi connectivity index (χ2v) is 8.18. The number of thioether (sulfide) groups is 1. The van der Waals surface area contributed by atoms with Gasteiger partial charge in [-0.2, -0.15) is 16.7 Å². The van der Waals surface area contributed by atoms with E-state index in [2.05, 4.69) is 15.0 Å². The van der Waals surface area contributed by atoms with Crippen LogP contribution in [-0.2, 0) is 0 Å². The van der Waals surface area contributed by atoms with Crippen LogP contribution >= 0.6 is 11.8 Å². The van der Waals surface area contributed by atoms with Crippen LogP contribution in [-0.4, -0.2) is 44.3 Å². The molecule has 0 atom stereocenters. The minimum atomic E-state index is -0.394. The normalized spacial score (nSPS) is 14.4. The van der Waals surface area contributed by atoms with E-state index in [1.807, 2.05) is 11.8 Å².